The maximum absolute atomic E-state index is 12.6. The predicted octanol–water partition coefficient (Wildman–Crippen LogP) is 5.96. The smallest absolute Gasteiger partial charge is 0.308 e. The van der Waals surface area contributed by atoms with Crippen LogP contribution in [-0.2, 0) is 7.05 Å². The number of rotatable bonds is 3. The summed E-state index contributed by atoms with van der Waals surface area (Å²) in [5.74, 6) is 0. The summed E-state index contributed by atoms with van der Waals surface area (Å²) in [5, 5.41) is 12.2. The number of hydrogen-bond donors (Lipinski definition) is 2. The van der Waals surface area contributed by atoms with Gasteiger partial charge in [0, 0.05) is 23.7 Å². The summed E-state index contributed by atoms with van der Waals surface area (Å²) >= 11 is 3.55. The number of aryl methyl sites for hydroxylation is 2. The molecule has 1 heterocycles. The molecule has 3 aromatic carbocycles. The first kappa shape index (κ1) is 18.3. The Morgan fingerprint density at radius 1 is 1.04 bits per heavy atom. The minimum Gasteiger partial charge on any atom is -0.308 e. The van der Waals surface area contributed by atoms with Crippen molar-refractivity contribution in [3.63, 3.8) is 0 Å². The predicted molar refractivity (Wildman–Crippen MR) is 118 cm³/mol. The number of carbonyl (C=O) groups is 1. The highest BCUT2D eigenvalue weighted by Gasteiger charge is 2.13. The van der Waals surface area contributed by atoms with E-state index in [2.05, 4.69) is 31.7 Å². The van der Waals surface area contributed by atoms with Crippen LogP contribution in [0.15, 0.2) is 71.3 Å². The van der Waals surface area contributed by atoms with Crippen molar-refractivity contribution in [2.24, 2.45) is 7.05 Å². The molecule has 4 aromatic rings. The third kappa shape index (κ3) is 3.51. The molecule has 0 aliphatic heterocycles. The van der Waals surface area contributed by atoms with Gasteiger partial charge < -0.3 is 10.6 Å². The number of amides is 2. The van der Waals surface area contributed by atoms with Crippen molar-refractivity contribution < 1.29 is 4.79 Å². The number of fused-ring (bicyclic) bond motifs is 1. The van der Waals surface area contributed by atoms with Gasteiger partial charge in [-0.3, -0.25) is 4.68 Å². The van der Waals surface area contributed by atoms with Crippen LogP contribution in [0.5, 0.6) is 0 Å². The monoisotopic (exact) mass is 434 g/mol. The topological polar surface area (TPSA) is 59.0 Å². The molecule has 4 rings (SSSR count). The minimum absolute atomic E-state index is 0.282. The van der Waals surface area contributed by atoms with Crippen LogP contribution in [0, 0.1) is 6.92 Å². The fourth-order valence-electron chi connectivity index (χ4n) is 3.29. The van der Waals surface area contributed by atoms with Crippen LogP contribution in [0.25, 0.3) is 22.0 Å². The van der Waals surface area contributed by atoms with Gasteiger partial charge in [0.05, 0.1) is 22.1 Å². The summed E-state index contributed by atoms with van der Waals surface area (Å²) in [4.78, 5) is 12.6. The Hall–Kier alpha value is -3.12. The number of anilines is 2. The quantitative estimate of drug-likeness (QED) is 0.418. The SMILES string of the molecule is Cc1ccc(NC(=O)Nc2cccc3ccccc23)cc1-c1c(Br)cnn1C. The fraction of sp³-hybridized carbons (Fsp3) is 0.0909. The standard InChI is InChI=1S/C22H19BrN4O/c1-14-10-11-16(12-18(14)21-19(23)13-24-27(21)2)25-22(28)26-20-9-5-7-15-6-3-4-8-17(15)20/h3-13H,1-2H3,(H2,25,26,28). The summed E-state index contributed by atoms with van der Waals surface area (Å²) in [5.41, 5.74) is 4.57. The highest BCUT2D eigenvalue weighted by atomic mass is 79.9. The number of hydrogen-bond acceptors (Lipinski definition) is 2. The summed E-state index contributed by atoms with van der Waals surface area (Å²) < 4.78 is 2.72. The second kappa shape index (κ2) is 7.48. The Morgan fingerprint density at radius 2 is 1.82 bits per heavy atom. The molecule has 140 valence electrons. The van der Waals surface area contributed by atoms with E-state index in [4.69, 9.17) is 0 Å². The van der Waals surface area contributed by atoms with Crippen molar-refractivity contribution >= 4 is 44.1 Å². The number of nitrogens with zero attached hydrogens (tertiary/aromatic N) is 2. The Labute approximate surface area is 171 Å². The number of urea groups is 1. The normalized spacial score (nSPS) is 10.8. The molecule has 0 bridgehead atoms. The van der Waals surface area contributed by atoms with Crippen LogP contribution < -0.4 is 10.6 Å². The molecule has 2 N–H and O–H groups in total. The van der Waals surface area contributed by atoms with Crippen molar-refractivity contribution in [1.82, 2.24) is 9.78 Å². The molecule has 5 nitrogen and oxygen atoms in total. The zero-order chi connectivity index (χ0) is 19.7. The lowest BCUT2D eigenvalue weighted by Gasteiger charge is -2.13. The highest BCUT2D eigenvalue weighted by Crippen LogP contribution is 2.32. The number of nitrogens with one attached hydrogen (secondary N) is 2. The van der Waals surface area contributed by atoms with Gasteiger partial charge in [-0.25, -0.2) is 4.79 Å². The van der Waals surface area contributed by atoms with Crippen molar-refractivity contribution in [1.29, 1.82) is 0 Å². The lowest BCUT2D eigenvalue weighted by molar-refractivity contribution is 0.262. The third-order valence-electron chi connectivity index (χ3n) is 4.68. The second-order valence-corrected chi connectivity index (χ2v) is 7.45. The van der Waals surface area contributed by atoms with Crippen LogP contribution in [0.2, 0.25) is 0 Å². The molecule has 0 saturated carbocycles. The van der Waals surface area contributed by atoms with Crippen molar-refractivity contribution in [3.05, 3.63) is 76.9 Å². The summed E-state index contributed by atoms with van der Waals surface area (Å²) in [6.45, 7) is 2.04. The molecule has 0 unspecified atom stereocenters. The zero-order valence-electron chi connectivity index (χ0n) is 15.5. The first-order chi connectivity index (χ1) is 13.5. The van der Waals surface area contributed by atoms with E-state index in [1.807, 2.05) is 79.3 Å². The Kier molecular flexibility index (Phi) is 4.88. The molecule has 0 aliphatic carbocycles. The second-order valence-electron chi connectivity index (χ2n) is 6.60. The lowest BCUT2D eigenvalue weighted by Crippen LogP contribution is -2.19. The van der Waals surface area contributed by atoms with E-state index >= 15 is 0 Å². The van der Waals surface area contributed by atoms with Gasteiger partial charge in [-0.2, -0.15) is 5.10 Å². The Balaban J connectivity index is 1.59. The average Bonchev–Trinajstić information content (AvgIpc) is 3.02. The minimum atomic E-state index is -0.282. The van der Waals surface area contributed by atoms with E-state index in [1.54, 1.807) is 6.20 Å². The summed E-state index contributed by atoms with van der Waals surface area (Å²) in [6, 6.07) is 19.4. The van der Waals surface area contributed by atoms with E-state index in [1.165, 1.54) is 0 Å². The molecule has 0 aliphatic rings. The molecule has 0 radical (unpaired) electrons. The van der Waals surface area contributed by atoms with Gasteiger partial charge in [-0.1, -0.05) is 42.5 Å². The summed E-state index contributed by atoms with van der Waals surface area (Å²) in [7, 11) is 1.90. The van der Waals surface area contributed by atoms with E-state index < -0.39 is 0 Å². The van der Waals surface area contributed by atoms with Gasteiger partial charge in [-0.15, -0.1) is 0 Å². The summed E-state index contributed by atoms with van der Waals surface area (Å²) in [6.07, 6.45) is 1.77. The maximum atomic E-state index is 12.6. The van der Waals surface area contributed by atoms with Gasteiger partial charge in [-0.05, 0) is 52.0 Å². The van der Waals surface area contributed by atoms with Gasteiger partial charge >= 0.3 is 6.03 Å². The van der Waals surface area contributed by atoms with E-state index in [-0.39, 0.29) is 6.03 Å². The van der Waals surface area contributed by atoms with Crippen molar-refractivity contribution in [3.8, 4) is 11.3 Å². The van der Waals surface area contributed by atoms with Crippen molar-refractivity contribution in [2.75, 3.05) is 10.6 Å². The molecule has 0 saturated heterocycles. The number of benzene rings is 3. The molecule has 0 atom stereocenters. The fourth-order valence-corrected chi connectivity index (χ4v) is 3.85. The molecule has 0 spiro atoms. The number of carbonyl (C=O) groups excluding carboxylic acids is 1. The molecular weight excluding hydrogens is 416 g/mol. The Morgan fingerprint density at radius 3 is 2.61 bits per heavy atom. The third-order valence-corrected chi connectivity index (χ3v) is 5.26. The largest absolute Gasteiger partial charge is 0.323 e. The Bertz CT molecular complexity index is 1160. The average molecular weight is 435 g/mol. The molecule has 28 heavy (non-hydrogen) atoms. The van der Waals surface area contributed by atoms with Crippen LogP contribution >= 0.6 is 15.9 Å². The van der Waals surface area contributed by atoms with Gasteiger partial charge in [0.15, 0.2) is 0 Å². The van der Waals surface area contributed by atoms with E-state index in [0.717, 1.165) is 37.8 Å². The highest BCUT2D eigenvalue weighted by molar-refractivity contribution is 9.10. The molecule has 0 fully saturated rings. The van der Waals surface area contributed by atoms with Crippen LogP contribution in [0.3, 0.4) is 0 Å². The van der Waals surface area contributed by atoms with Crippen LogP contribution in [0.1, 0.15) is 5.56 Å². The van der Waals surface area contributed by atoms with Crippen molar-refractivity contribution in [2.45, 2.75) is 6.92 Å². The molecular formula is C22H19BrN4O. The number of halogens is 1. The van der Waals surface area contributed by atoms with Gasteiger partial charge in [0.2, 0.25) is 0 Å². The first-order valence-electron chi connectivity index (χ1n) is 8.87. The van der Waals surface area contributed by atoms with Crippen LogP contribution in [-0.4, -0.2) is 15.8 Å². The first-order valence-corrected chi connectivity index (χ1v) is 9.66. The number of aromatic nitrogens is 2. The molecule has 6 heteroatoms. The van der Waals surface area contributed by atoms with Gasteiger partial charge in [0.25, 0.3) is 0 Å². The van der Waals surface area contributed by atoms with E-state index in [9.17, 15) is 4.79 Å². The van der Waals surface area contributed by atoms with Crippen LogP contribution in [0.4, 0.5) is 16.2 Å². The molecule has 2 amide bonds. The maximum Gasteiger partial charge on any atom is 0.323 e. The van der Waals surface area contributed by atoms with E-state index in [0.29, 0.717) is 5.69 Å². The lowest BCUT2D eigenvalue weighted by atomic mass is 10.0. The zero-order valence-corrected chi connectivity index (χ0v) is 17.1. The molecule has 1 aromatic heterocycles. The van der Waals surface area contributed by atoms with Gasteiger partial charge in [0.1, 0.15) is 0 Å².